The minimum atomic E-state index is -0.342. The number of hydrogen-bond donors (Lipinski definition) is 3. The molecule has 4 N–H and O–H groups in total. The SMILES string of the molecule is C=CCNC(=O)c1cnc(N)c(-c2nc3ccc(C)cc3[nH]2)n1. The van der Waals surface area contributed by atoms with Crippen LogP contribution in [-0.4, -0.2) is 32.4 Å². The largest absolute Gasteiger partial charge is 0.382 e. The second-order valence-corrected chi connectivity index (χ2v) is 5.09. The lowest BCUT2D eigenvalue weighted by atomic mass is 10.2. The van der Waals surface area contributed by atoms with Crippen LogP contribution in [0.15, 0.2) is 37.1 Å². The highest BCUT2D eigenvalue weighted by atomic mass is 16.1. The van der Waals surface area contributed by atoms with E-state index in [4.69, 9.17) is 5.73 Å². The molecule has 0 bridgehead atoms. The second-order valence-electron chi connectivity index (χ2n) is 5.09. The molecule has 2 aromatic heterocycles. The first kappa shape index (κ1) is 14.7. The lowest BCUT2D eigenvalue weighted by Gasteiger charge is -2.05. The molecular formula is C16H16N6O. The number of imidazole rings is 1. The molecule has 23 heavy (non-hydrogen) atoms. The minimum absolute atomic E-state index is 0.174. The molecule has 1 amide bonds. The number of carbonyl (C=O) groups excluding carboxylic acids is 1. The molecule has 0 unspecified atom stereocenters. The van der Waals surface area contributed by atoms with Gasteiger partial charge in [0.1, 0.15) is 11.4 Å². The fourth-order valence-electron chi connectivity index (χ4n) is 2.17. The van der Waals surface area contributed by atoms with Gasteiger partial charge in [-0.05, 0) is 24.6 Å². The summed E-state index contributed by atoms with van der Waals surface area (Å²) in [5, 5.41) is 2.65. The molecule has 0 saturated heterocycles. The number of amides is 1. The number of fused-ring (bicyclic) bond motifs is 1. The van der Waals surface area contributed by atoms with Gasteiger partial charge in [0.05, 0.1) is 17.2 Å². The van der Waals surface area contributed by atoms with E-state index >= 15 is 0 Å². The Kier molecular flexibility index (Phi) is 3.76. The van der Waals surface area contributed by atoms with Crippen LogP contribution in [0.3, 0.4) is 0 Å². The predicted octanol–water partition coefficient (Wildman–Crippen LogP) is 1.83. The van der Waals surface area contributed by atoms with Crippen LogP contribution in [0.2, 0.25) is 0 Å². The van der Waals surface area contributed by atoms with Crippen molar-refractivity contribution in [3.05, 3.63) is 48.3 Å². The lowest BCUT2D eigenvalue weighted by molar-refractivity contribution is 0.0953. The van der Waals surface area contributed by atoms with Gasteiger partial charge in [-0.15, -0.1) is 6.58 Å². The fourth-order valence-corrected chi connectivity index (χ4v) is 2.17. The highest BCUT2D eigenvalue weighted by molar-refractivity contribution is 5.93. The Morgan fingerprint density at radius 1 is 1.43 bits per heavy atom. The van der Waals surface area contributed by atoms with Crippen molar-refractivity contribution in [3.8, 4) is 11.5 Å². The molecule has 0 atom stereocenters. The van der Waals surface area contributed by atoms with Crippen molar-refractivity contribution >= 4 is 22.8 Å². The van der Waals surface area contributed by atoms with Gasteiger partial charge < -0.3 is 16.0 Å². The third kappa shape index (κ3) is 2.89. The molecule has 1 aromatic carbocycles. The van der Waals surface area contributed by atoms with E-state index in [0.717, 1.165) is 16.6 Å². The van der Waals surface area contributed by atoms with Crippen molar-refractivity contribution in [3.63, 3.8) is 0 Å². The molecule has 2 heterocycles. The summed E-state index contributed by atoms with van der Waals surface area (Å²) < 4.78 is 0. The number of hydrogen-bond acceptors (Lipinski definition) is 5. The van der Waals surface area contributed by atoms with Gasteiger partial charge in [-0.2, -0.15) is 0 Å². The van der Waals surface area contributed by atoms with Crippen molar-refractivity contribution < 1.29 is 4.79 Å². The van der Waals surface area contributed by atoms with Crippen molar-refractivity contribution in [2.75, 3.05) is 12.3 Å². The third-order valence-corrected chi connectivity index (χ3v) is 3.30. The van der Waals surface area contributed by atoms with E-state index in [1.54, 1.807) is 6.08 Å². The van der Waals surface area contributed by atoms with Gasteiger partial charge in [-0.3, -0.25) is 4.79 Å². The van der Waals surface area contributed by atoms with Gasteiger partial charge in [0.15, 0.2) is 11.6 Å². The van der Waals surface area contributed by atoms with Crippen LogP contribution in [0.1, 0.15) is 16.1 Å². The van der Waals surface area contributed by atoms with Gasteiger partial charge in [-0.1, -0.05) is 12.1 Å². The van der Waals surface area contributed by atoms with Crippen molar-refractivity contribution in [2.45, 2.75) is 6.92 Å². The number of nitrogens with one attached hydrogen (secondary N) is 2. The zero-order valence-corrected chi connectivity index (χ0v) is 12.6. The Hall–Kier alpha value is -3.22. The molecule has 7 nitrogen and oxygen atoms in total. The second kappa shape index (κ2) is 5.88. The van der Waals surface area contributed by atoms with E-state index < -0.39 is 0 Å². The normalized spacial score (nSPS) is 10.7. The van der Waals surface area contributed by atoms with E-state index in [0.29, 0.717) is 18.1 Å². The molecule has 0 saturated carbocycles. The summed E-state index contributed by atoms with van der Waals surface area (Å²) in [7, 11) is 0. The fraction of sp³-hybridized carbons (Fsp3) is 0.125. The quantitative estimate of drug-likeness (QED) is 0.637. The summed E-state index contributed by atoms with van der Waals surface area (Å²) in [6.45, 7) is 5.90. The molecule has 0 aliphatic heterocycles. The first-order valence-electron chi connectivity index (χ1n) is 7.07. The van der Waals surface area contributed by atoms with Crippen molar-refractivity contribution in [1.82, 2.24) is 25.3 Å². The van der Waals surface area contributed by atoms with E-state index in [9.17, 15) is 4.79 Å². The molecule has 0 radical (unpaired) electrons. The summed E-state index contributed by atoms with van der Waals surface area (Å²) >= 11 is 0. The molecule has 0 fully saturated rings. The van der Waals surface area contributed by atoms with Crippen molar-refractivity contribution in [1.29, 1.82) is 0 Å². The number of H-pyrrole nitrogens is 1. The van der Waals surface area contributed by atoms with E-state index in [-0.39, 0.29) is 17.4 Å². The smallest absolute Gasteiger partial charge is 0.271 e. The van der Waals surface area contributed by atoms with Crippen LogP contribution >= 0.6 is 0 Å². The zero-order chi connectivity index (χ0) is 16.4. The lowest BCUT2D eigenvalue weighted by Crippen LogP contribution is -2.24. The summed E-state index contributed by atoms with van der Waals surface area (Å²) in [6, 6.07) is 5.87. The minimum Gasteiger partial charge on any atom is -0.382 e. The summed E-state index contributed by atoms with van der Waals surface area (Å²) in [6.07, 6.45) is 2.93. The van der Waals surface area contributed by atoms with Crippen LogP contribution in [0.5, 0.6) is 0 Å². The Labute approximate surface area is 132 Å². The van der Waals surface area contributed by atoms with Gasteiger partial charge in [0.25, 0.3) is 5.91 Å². The number of nitrogens with two attached hydrogens (primary N) is 1. The maximum atomic E-state index is 12.0. The number of nitrogens with zero attached hydrogens (tertiary/aromatic N) is 3. The number of aromatic nitrogens is 4. The number of rotatable bonds is 4. The van der Waals surface area contributed by atoms with Gasteiger partial charge >= 0.3 is 0 Å². The molecular weight excluding hydrogens is 292 g/mol. The van der Waals surface area contributed by atoms with Gasteiger partial charge in [0, 0.05) is 6.54 Å². The monoisotopic (exact) mass is 308 g/mol. The third-order valence-electron chi connectivity index (χ3n) is 3.30. The van der Waals surface area contributed by atoms with Crippen LogP contribution in [-0.2, 0) is 0 Å². The Bertz CT molecular complexity index is 899. The zero-order valence-electron chi connectivity index (χ0n) is 12.6. The Morgan fingerprint density at radius 2 is 2.26 bits per heavy atom. The topological polar surface area (TPSA) is 110 Å². The summed E-state index contributed by atoms with van der Waals surface area (Å²) in [4.78, 5) is 27.9. The maximum absolute atomic E-state index is 12.0. The number of aromatic amines is 1. The Balaban J connectivity index is 2.03. The average Bonchev–Trinajstić information content (AvgIpc) is 2.95. The standard InChI is InChI=1S/C16H16N6O/c1-3-6-18-16(23)12-8-19-14(17)13(20-12)15-21-10-5-4-9(2)7-11(10)22-15/h3-5,7-8H,1,6H2,2H3,(H2,17,19)(H,18,23)(H,21,22). The molecule has 3 aromatic rings. The number of nitrogen functional groups attached to an aromatic ring is 1. The van der Waals surface area contributed by atoms with Gasteiger partial charge in [0.2, 0.25) is 0 Å². The number of benzene rings is 1. The van der Waals surface area contributed by atoms with E-state index in [2.05, 4.69) is 31.8 Å². The van der Waals surface area contributed by atoms with Crippen molar-refractivity contribution in [2.24, 2.45) is 0 Å². The molecule has 0 aliphatic rings. The predicted molar refractivity (Wildman–Crippen MR) is 88.8 cm³/mol. The first-order valence-corrected chi connectivity index (χ1v) is 7.07. The van der Waals surface area contributed by atoms with E-state index in [1.165, 1.54) is 6.20 Å². The van der Waals surface area contributed by atoms with E-state index in [1.807, 2.05) is 25.1 Å². The maximum Gasteiger partial charge on any atom is 0.271 e. The summed E-state index contributed by atoms with van der Waals surface area (Å²) in [5.41, 5.74) is 9.21. The molecule has 7 heteroatoms. The molecule has 0 aliphatic carbocycles. The molecule has 0 spiro atoms. The average molecular weight is 308 g/mol. The van der Waals surface area contributed by atoms with Crippen LogP contribution in [0.25, 0.3) is 22.6 Å². The van der Waals surface area contributed by atoms with Crippen LogP contribution < -0.4 is 11.1 Å². The Morgan fingerprint density at radius 3 is 3.04 bits per heavy atom. The molecule has 116 valence electrons. The molecule has 3 rings (SSSR count). The van der Waals surface area contributed by atoms with Crippen LogP contribution in [0, 0.1) is 6.92 Å². The van der Waals surface area contributed by atoms with Gasteiger partial charge in [-0.25, -0.2) is 15.0 Å². The number of carbonyl (C=O) groups is 1. The van der Waals surface area contributed by atoms with Crippen LogP contribution in [0.4, 0.5) is 5.82 Å². The first-order chi connectivity index (χ1) is 11.1. The number of anilines is 1. The number of aryl methyl sites for hydroxylation is 1. The highest BCUT2D eigenvalue weighted by Gasteiger charge is 2.15. The highest BCUT2D eigenvalue weighted by Crippen LogP contribution is 2.23. The summed E-state index contributed by atoms with van der Waals surface area (Å²) in [5.74, 6) is 0.348.